The number of carbonyl (C=O) groups is 2. The minimum Gasteiger partial charge on any atom is -0.549 e. The van der Waals surface area contributed by atoms with Gasteiger partial charge in [0.15, 0.2) is 0 Å². The number of methoxy groups -OCH3 is 1. The first kappa shape index (κ1) is 14.0. The maximum Gasteiger partial charge on any atom is 0.221 e. The highest BCUT2D eigenvalue weighted by atomic mass is 16.5. The van der Waals surface area contributed by atoms with E-state index in [1.807, 2.05) is 0 Å². The zero-order valence-electron chi connectivity index (χ0n) is 10.6. The number of carboxylic acid groups (broad SMARTS) is 1. The van der Waals surface area contributed by atoms with Gasteiger partial charge in [0.1, 0.15) is 5.75 Å². The Labute approximate surface area is 106 Å². The lowest BCUT2D eigenvalue weighted by molar-refractivity contribution is -0.313. The fourth-order valence-electron chi connectivity index (χ4n) is 1.66. The van der Waals surface area contributed by atoms with Crippen molar-refractivity contribution in [3.8, 4) is 5.75 Å². The van der Waals surface area contributed by atoms with Crippen LogP contribution in [0.15, 0.2) is 24.3 Å². The Bertz CT molecular complexity index is 441. The topological polar surface area (TPSA) is 78.5 Å². The molecule has 0 saturated carbocycles. The van der Waals surface area contributed by atoms with Gasteiger partial charge in [-0.25, -0.2) is 0 Å². The van der Waals surface area contributed by atoms with Crippen molar-refractivity contribution in [3.63, 3.8) is 0 Å². The lowest BCUT2D eigenvalue weighted by atomic mass is 9.79. The molecule has 0 heterocycles. The van der Waals surface area contributed by atoms with Crippen LogP contribution < -0.4 is 15.2 Å². The molecule has 1 amide bonds. The normalized spacial score (nSPS) is 13.5. The van der Waals surface area contributed by atoms with E-state index < -0.39 is 11.4 Å². The molecule has 0 radical (unpaired) electrons. The molecule has 1 atom stereocenters. The van der Waals surface area contributed by atoms with E-state index >= 15 is 0 Å². The van der Waals surface area contributed by atoms with Gasteiger partial charge in [-0.15, -0.1) is 0 Å². The number of rotatable bonds is 5. The number of benzene rings is 1. The Balaban J connectivity index is 3.10. The van der Waals surface area contributed by atoms with Crippen LogP contribution in [0, 0.1) is 0 Å². The van der Waals surface area contributed by atoms with Crippen molar-refractivity contribution in [2.75, 3.05) is 14.2 Å². The lowest BCUT2D eigenvalue weighted by Crippen LogP contribution is -2.46. The van der Waals surface area contributed by atoms with Gasteiger partial charge in [-0.2, -0.15) is 0 Å². The highest BCUT2D eigenvalue weighted by molar-refractivity contribution is 5.88. The van der Waals surface area contributed by atoms with Crippen LogP contribution in [0.1, 0.15) is 18.9 Å². The molecule has 1 aromatic rings. The number of carbonyl (C=O) groups excluding carboxylic acids is 2. The largest absolute Gasteiger partial charge is 0.549 e. The van der Waals surface area contributed by atoms with Gasteiger partial charge in [-0.05, 0) is 24.6 Å². The van der Waals surface area contributed by atoms with Crippen LogP contribution in [0.5, 0.6) is 5.75 Å². The Hall–Kier alpha value is -2.04. The minimum absolute atomic E-state index is 0.168. The molecule has 0 saturated heterocycles. The summed E-state index contributed by atoms with van der Waals surface area (Å²) in [5.41, 5.74) is -0.848. The maximum atomic E-state index is 11.4. The quantitative estimate of drug-likeness (QED) is 0.787. The highest BCUT2D eigenvalue weighted by Crippen LogP contribution is 2.28. The van der Waals surface area contributed by atoms with Crippen LogP contribution in [-0.2, 0) is 15.0 Å². The molecule has 0 aliphatic rings. The zero-order chi connectivity index (χ0) is 13.8. The van der Waals surface area contributed by atoms with Crippen molar-refractivity contribution in [3.05, 3.63) is 29.8 Å². The molecule has 0 aliphatic heterocycles. The van der Waals surface area contributed by atoms with E-state index in [1.165, 1.54) is 21.1 Å². The molecule has 1 aromatic carbocycles. The van der Waals surface area contributed by atoms with E-state index in [4.69, 9.17) is 4.74 Å². The molecule has 0 fully saturated rings. The van der Waals surface area contributed by atoms with Gasteiger partial charge in [0.2, 0.25) is 5.91 Å². The predicted molar refractivity (Wildman–Crippen MR) is 64.0 cm³/mol. The Kier molecular flexibility index (Phi) is 4.31. The lowest BCUT2D eigenvalue weighted by Gasteiger charge is -2.30. The van der Waals surface area contributed by atoms with Crippen molar-refractivity contribution in [2.45, 2.75) is 18.8 Å². The van der Waals surface area contributed by atoms with Crippen LogP contribution in [0.4, 0.5) is 0 Å². The van der Waals surface area contributed by atoms with Crippen LogP contribution >= 0.6 is 0 Å². The first-order chi connectivity index (χ1) is 8.43. The molecule has 5 nitrogen and oxygen atoms in total. The second-order valence-electron chi connectivity index (χ2n) is 4.20. The summed E-state index contributed by atoms with van der Waals surface area (Å²) < 4.78 is 5.00. The first-order valence-corrected chi connectivity index (χ1v) is 5.50. The zero-order valence-corrected chi connectivity index (χ0v) is 10.6. The molecular formula is C13H16NO4-. The van der Waals surface area contributed by atoms with Gasteiger partial charge in [0.25, 0.3) is 0 Å². The number of aliphatic carboxylic acids is 1. The van der Waals surface area contributed by atoms with E-state index in [-0.39, 0.29) is 12.3 Å². The summed E-state index contributed by atoms with van der Waals surface area (Å²) >= 11 is 0. The molecular weight excluding hydrogens is 234 g/mol. The molecule has 5 heteroatoms. The Morgan fingerprint density at radius 2 is 1.89 bits per heavy atom. The number of nitrogens with one attached hydrogen (secondary N) is 1. The number of ether oxygens (including phenoxy) is 1. The molecule has 18 heavy (non-hydrogen) atoms. The molecule has 0 aromatic heterocycles. The third-order valence-corrected chi connectivity index (χ3v) is 2.97. The summed E-state index contributed by atoms with van der Waals surface area (Å²) in [6.45, 7) is 1.47. The smallest absolute Gasteiger partial charge is 0.221 e. The SMILES string of the molecule is CNC(=O)C[C@@](C)(C(=O)[O-])c1ccc(OC)cc1. The third kappa shape index (κ3) is 2.80. The molecule has 0 aliphatic carbocycles. The van der Waals surface area contributed by atoms with Crippen LogP contribution in [-0.4, -0.2) is 26.0 Å². The monoisotopic (exact) mass is 250 g/mol. The molecule has 98 valence electrons. The van der Waals surface area contributed by atoms with Gasteiger partial charge in [0.05, 0.1) is 13.1 Å². The number of hydrogen-bond donors (Lipinski definition) is 1. The number of amides is 1. The van der Waals surface area contributed by atoms with Gasteiger partial charge in [-0.1, -0.05) is 12.1 Å². The fourth-order valence-corrected chi connectivity index (χ4v) is 1.66. The predicted octanol–water partition coefficient (Wildman–Crippen LogP) is -0.161. The highest BCUT2D eigenvalue weighted by Gasteiger charge is 2.31. The van der Waals surface area contributed by atoms with Crippen LogP contribution in [0.25, 0.3) is 0 Å². The van der Waals surface area contributed by atoms with Crippen molar-refractivity contribution in [1.82, 2.24) is 5.32 Å². The summed E-state index contributed by atoms with van der Waals surface area (Å²) in [6, 6.07) is 6.55. The minimum atomic E-state index is -1.35. The molecule has 0 spiro atoms. The maximum absolute atomic E-state index is 11.4. The van der Waals surface area contributed by atoms with Crippen molar-refractivity contribution in [2.24, 2.45) is 0 Å². The van der Waals surface area contributed by atoms with Crippen LogP contribution in [0.2, 0.25) is 0 Å². The van der Waals surface area contributed by atoms with Gasteiger partial charge < -0.3 is 20.0 Å². The van der Waals surface area contributed by atoms with Gasteiger partial charge >= 0.3 is 0 Å². The van der Waals surface area contributed by atoms with E-state index in [0.717, 1.165) is 0 Å². The Morgan fingerprint density at radius 3 is 2.28 bits per heavy atom. The average Bonchev–Trinajstić information content (AvgIpc) is 2.38. The standard InChI is InChI=1S/C13H17NO4/c1-13(12(16)17,8-11(15)14-2)9-4-6-10(18-3)7-5-9/h4-7H,8H2,1-3H3,(H,14,15)(H,16,17)/p-1/t13-/m1/s1. The van der Waals surface area contributed by atoms with E-state index in [0.29, 0.717) is 11.3 Å². The summed E-state index contributed by atoms with van der Waals surface area (Å²) in [4.78, 5) is 22.7. The summed E-state index contributed by atoms with van der Waals surface area (Å²) in [5.74, 6) is -1.01. The van der Waals surface area contributed by atoms with Crippen molar-refractivity contribution in [1.29, 1.82) is 0 Å². The number of hydrogen-bond acceptors (Lipinski definition) is 4. The van der Waals surface area contributed by atoms with Gasteiger partial charge in [-0.3, -0.25) is 4.79 Å². The van der Waals surface area contributed by atoms with Gasteiger partial charge in [0, 0.05) is 18.9 Å². The van der Waals surface area contributed by atoms with E-state index in [1.54, 1.807) is 24.3 Å². The fraction of sp³-hybridized carbons (Fsp3) is 0.385. The summed E-state index contributed by atoms with van der Waals surface area (Å²) in [5, 5.41) is 13.7. The summed E-state index contributed by atoms with van der Waals surface area (Å²) in [6.07, 6.45) is -0.168. The first-order valence-electron chi connectivity index (χ1n) is 5.50. The van der Waals surface area contributed by atoms with E-state index in [9.17, 15) is 14.7 Å². The molecule has 0 bridgehead atoms. The van der Waals surface area contributed by atoms with Crippen LogP contribution in [0.3, 0.4) is 0 Å². The molecule has 0 unspecified atom stereocenters. The average molecular weight is 250 g/mol. The van der Waals surface area contributed by atoms with E-state index in [2.05, 4.69) is 5.32 Å². The Morgan fingerprint density at radius 1 is 1.33 bits per heavy atom. The molecule has 1 N–H and O–H groups in total. The summed E-state index contributed by atoms with van der Waals surface area (Å²) in [7, 11) is 2.99. The van der Waals surface area contributed by atoms with Crippen molar-refractivity contribution < 1.29 is 19.4 Å². The second-order valence-corrected chi connectivity index (χ2v) is 4.20. The molecule has 1 rings (SSSR count). The second kappa shape index (κ2) is 5.53. The third-order valence-electron chi connectivity index (χ3n) is 2.97. The van der Waals surface area contributed by atoms with Crippen molar-refractivity contribution >= 4 is 11.9 Å². The number of carboxylic acids is 1.